The van der Waals surface area contributed by atoms with Crippen LogP contribution >= 0.6 is 27.7 Å². The van der Waals surface area contributed by atoms with Gasteiger partial charge in [-0.2, -0.15) is 0 Å². The average molecular weight is 328 g/mol. The van der Waals surface area contributed by atoms with Crippen LogP contribution in [0, 0.1) is 5.41 Å². The molecule has 0 aliphatic heterocycles. The molecule has 0 unspecified atom stereocenters. The minimum Gasteiger partial charge on any atom is -0.384 e. The highest BCUT2D eigenvalue weighted by molar-refractivity contribution is 9.10. The Balaban J connectivity index is 2.43. The van der Waals surface area contributed by atoms with Crippen molar-refractivity contribution in [3.05, 3.63) is 38.7 Å². The number of aromatic nitrogens is 3. The van der Waals surface area contributed by atoms with Gasteiger partial charge in [0.2, 0.25) is 0 Å². The molecule has 4 N–H and O–H groups in total. The van der Waals surface area contributed by atoms with Gasteiger partial charge in [0.1, 0.15) is 5.84 Å². The zero-order valence-electron chi connectivity index (χ0n) is 9.40. The molecule has 0 fully saturated rings. The van der Waals surface area contributed by atoms with Crippen molar-refractivity contribution < 1.29 is 0 Å². The number of rotatable bonds is 3. The fraction of sp³-hybridized carbons (Fsp3) is 0.100. The summed E-state index contributed by atoms with van der Waals surface area (Å²) in [6.07, 6.45) is 0. The molecule has 94 valence electrons. The molecule has 1 heterocycles. The minimum atomic E-state index is -0.279. The van der Waals surface area contributed by atoms with Crippen molar-refractivity contribution in [3.8, 4) is 0 Å². The molecule has 0 radical (unpaired) electrons. The maximum absolute atomic E-state index is 11.3. The van der Waals surface area contributed by atoms with Gasteiger partial charge in [0.15, 0.2) is 5.16 Å². The van der Waals surface area contributed by atoms with Crippen LogP contribution in [0.4, 0.5) is 0 Å². The summed E-state index contributed by atoms with van der Waals surface area (Å²) in [6, 6.07) is 5.43. The molecular weight excluding hydrogens is 318 g/mol. The monoisotopic (exact) mass is 327 g/mol. The van der Waals surface area contributed by atoms with Crippen molar-refractivity contribution in [2.75, 3.05) is 0 Å². The van der Waals surface area contributed by atoms with Crippen molar-refractivity contribution >= 4 is 33.5 Å². The first-order valence-electron chi connectivity index (χ1n) is 4.92. The number of benzene rings is 1. The van der Waals surface area contributed by atoms with Crippen molar-refractivity contribution in [2.45, 2.75) is 10.1 Å². The van der Waals surface area contributed by atoms with E-state index in [9.17, 15) is 4.79 Å². The minimum absolute atomic E-state index is 0.0284. The van der Waals surface area contributed by atoms with E-state index in [1.54, 1.807) is 13.1 Å². The second kappa shape index (κ2) is 4.99. The third-order valence-corrected chi connectivity index (χ3v) is 3.89. The third-order valence-electron chi connectivity index (χ3n) is 2.27. The van der Waals surface area contributed by atoms with Crippen LogP contribution in [0.5, 0.6) is 0 Å². The maximum atomic E-state index is 11.3. The molecule has 18 heavy (non-hydrogen) atoms. The summed E-state index contributed by atoms with van der Waals surface area (Å²) in [5.41, 5.74) is 5.86. The zero-order valence-corrected chi connectivity index (χ0v) is 11.8. The summed E-state index contributed by atoms with van der Waals surface area (Å²) in [5, 5.41) is 14.3. The first-order valence-corrected chi connectivity index (χ1v) is 6.53. The summed E-state index contributed by atoms with van der Waals surface area (Å²) < 4.78 is 2.24. The van der Waals surface area contributed by atoms with E-state index in [0.29, 0.717) is 10.7 Å². The fourth-order valence-electron chi connectivity index (χ4n) is 1.32. The largest absolute Gasteiger partial charge is 0.384 e. The molecule has 0 atom stereocenters. The Kier molecular flexibility index (Phi) is 3.58. The lowest BCUT2D eigenvalue weighted by Crippen LogP contribution is -2.14. The molecule has 1 aromatic carbocycles. The van der Waals surface area contributed by atoms with E-state index in [4.69, 9.17) is 11.1 Å². The second-order valence-electron chi connectivity index (χ2n) is 3.53. The van der Waals surface area contributed by atoms with E-state index >= 15 is 0 Å². The zero-order chi connectivity index (χ0) is 13.3. The highest BCUT2D eigenvalue weighted by atomic mass is 79.9. The summed E-state index contributed by atoms with van der Waals surface area (Å²) in [7, 11) is 1.63. The van der Waals surface area contributed by atoms with Crippen LogP contribution in [0.1, 0.15) is 5.56 Å². The Bertz CT molecular complexity index is 663. The molecule has 1 aromatic heterocycles. The average Bonchev–Trinajstić information content (AvgIpc) is 2.63. The van der Waals surface area contributed by atoms with E-state index in [1.807, 2.05) is 12.1 Å². The van der Waals surface area contributed by atoms with Gasteiger partial charge in [0, 0.05) is 22.0 Å². The molecule has 8 heteroatoms. The number of nitrogens with zero attached hydrogens (tertiary/aromatic N) is 2. The number of halogens is 1. The molecule has 0 bridgehead atoms. The van der Waals surface area contributed by atoms with Crippen molar-refractivity contribution in [3.63, 3.8) is 0 Å². The molecule has 0 spiro atoms. The lowest BCUT2D eigenvalue weighted by atomic mass is 10.2. The first kappa shape index (κ1) is 12.9. The van der Waals surface area contributed by atoms with Gasteiger partial charge >= 0.3 is 5.69 Å². The third kappa shape index (κ3) is 2.49. The predicted molar refractivity (Wildman–Crippen MR) is 73.1 cm³/mol. The number of aromatic amines is 1. The van der Waals surface area contributed by atoms with Crippen LogP contribution in [-0.2, 0) is 7.05 Å². The van der Waals surface area contributed by atoms with Crippen LogP contribution in [0.25, 0.3) is 0 Å². The quantitative estimate of drug-likeness (QED) is 0.584. The van der Waals surface area contributed by atoms with E-state index in [-0.39, 0.29) is 11.5 Å². The lowest BCUT2D eigenvalue weighted by Gasteiger charge is -2.07. The maximum Gasteiger partial charge on any atom is 0.343 e. The van der Waals surface area contributed by atoms with Crippen LogP contribution < -0.4 is 11.4 Å². The Hall–Kier alpha value is -1.54. The summed E-state index contributed by atoms with van der Waals surface area (Å²) in [5.74, 6) is -0.0284. The summed E-state index contributed by atoms with van der Waals surface area (Å²) in [6.45, 7) is 0. The van der Waals surface area contributed by atoms with Crippen molar-refractivity contribution in [2.24, 2.45) is 12.8 Å². The molecule has 0 saturated carbocycles. The second-order valence-corrected chi connectivity index (χ2v) is 5.45. The van der Waals surface area contributed by atoms with Gasteiger partial charge in [0.25, 0.3) is 0 Å². The molecule has 2 aromatic rings. The number of amidine groups is 1. The van der Waals surface area contributed by atoms with Gasteiger partial charge < -0.3 is 5.73 Å². The van der Waals surface area contributed by atoms with Gasteiger partial charge in [-0.15, -0.1) is 5.10 Å². The number of nitrogens with two attached hydrogens (primary N) is 1. The smallest absolute Gasteiger partial charge is 0.343 e. The number of hydrogen-bond donors (Lipinski definition) is 3. The Labute approximate surface area is 115 Å². The molecule has 0 saturated heterocycles. The van der Waals surface area contributed by atoms with Gasteiger partial charge in [-0.3, -0.25) is 9.98 Å². The number of nitrogens with one attached hydrogen (secondary N) is 2. The Morgan fingerprint density at radius 1 is 1.61 bits per heavy atom. The number of H-pyrrole nitrogens is 1. The topological polar surface area (TPSA) is 101 Å². The summed E-state index contributed by atoms with van der Waals surface area (Å²) in [4.78, 5) is 12.0. The first-order chi connectivity index (χ1) is 8.49. The highest BCUT2D eigenvalue weighted by Gasteiger charge is 2.12. The SMILES string of the molecule is Cn1c(Sc2ccc(Br)cc2C(=N)N)n[nH]c1=O. The van der Waals surface area contributed by atoms with Crippen LogP contribution in [0.15, 0.2) is 37.5 Å². The number of hydrogen-bond acceptors (Lipinski definition) is 4. The van der Waals surface area contributed by atoms with Crippen molar-refractivity contribution in [1.29, 1.82) is 5.41 Å². The Morgan fingerprint density at radius 2 is 2.33 bits per heavy atom. The van der Waals surface area contributed by atoms with E-state index < -0.39 is 0 Å². The van der Waals surface area contributed by atoms with E-state index in [2.05, 4.69) is 26.1 Å². The van der Waals surface area contributed by atoms with E-state index in [0.717, 1.165) is 9.37 Å². The van der Waals surface area contributed by atoms with Gasteiger partial charge in [0.05, 0.1) is 0 Å². The molecule has 0 aliphatic carbocycles. The standard InChI is InChI=1S/C10H10BrN5OS/c1-16-9(17)14-15-10(16)18-7-3-2-5(11)4-6(7)8(12)13/h2-4H,1H3,(H3,12,13)(H,14,17). The summed E-state index contributed by atoms with van der Waals surface area (Å²) >= 11 is 4.61. The van der Waals surface area contributed by atoms with Gasteiger partial charge in [-0.1, -0.05) is 15.9 Å². The normalized spacial score (nSPS) is 10.6. The predicted octanol–water partition coefficient (Wildman–Crippen LogP) is 1.31. The number of nitrogen functional groups attached to an aromatic ring is 1. The Morgan fingerprint density at radius 3 is 2.89 bits per heavy atom. The van der Waals surface area contributed by atoms with Gasteiger partial charge in [-0.25, -0.2) is 9.89 Å². The van der Waals surface area contributed by atoms with Gasteiger partial charge in [-0.05, 0) is 30.0 Å². The van der Waals surface area contributed by atoms with Crippen LogP contribution in [-0.4, -0.2) is 20.6 Å². The lowest BCUT2D eigenvalue weighted by molar-refractivity contribution is 0.766. The van der Waals surface area contributed by atoms with Crippen molar-refractivity contribution in [1.82, 2.24) is 14.8 Å². The molecule has 0 amide bonds. The molecular formula is C10H10BrN5OS. The van der Waals surface area contributed by atoms with E-state index in [1.165, 1.54) is 16.3 Å². The fourth-order valence-corrected chi connectivity index (χ4v) is 2.61. The molecule has 6 nitrogen and oxygen atoms in total. The molecule has 2 rings (SSSR count). The van der Waals surface area contributed by atoms with Crippen LogP contribution in [0.3, 0.4) is 0 Å². The molecule has 0 aliphatic rings. The highest BCUT2D eigenvalue weighted by Crippen LogP contribution is 2.29. The van der Waals surface area contributed by atoms with Crippen LogP contribution in [0.2, 0.25) is 0 Å².